The van der Waals surface area contributed by atoms with Crippen LogP contribution in [0.1, 0.15) is 29.7 Å². The molecule has 0 saturated heterocycles. The molecule has 1 atom stereocenters. The van der Waals surface area contributed by atoms with E-state index in [0.29, 0.717) is 15.1 Å². The first kappa shape index (κ1) is 16.9. The second-order valence-corrected chi connectivity index (χ2v) is 7.02. The first-order chi connectivity index (χ1) is 9.92. The fourth-order valence-electron chi connectivity index (χ4n) is 2.30. The highest BCUT2D eigenvalue weighted by Crippen LogP contribution is 2.32. The van der Waals surface area contributed by atoms with Gasteiger partial charge in [0, 0.05) is 14.5 Å². The number of halogens is 4. The Bertz CT molecular complexity index is 641. The number of hydrogen-bond donors (Lipinski definition) is 1. The van der Waals surface area contributed by atoms with E-state index in [1.165, 1.54) is 6.07 Å². The van der Waals surface area contributed by atoms with Crippen molar-refractivity contribution < 1.29 is 4.39 Å². The van der Waals surface area contributed by atoms with Crippen LogP contribution in [0.4, 0.5) is 4.39 Å². The number of nitrogens with one attached hydrogen (secondary N) is 1. The second-order valence-electron chi connectivity index (χ2n) is 4.84. The minimum atomic E-state index is -0.283. The average Bonchev–Trinajstić information content (AvgIpc) is 2.39. The lowest BCUT2D eigenvalue weighted by Crippen LogP contribution is -2.23. The van der Waals surface area contributed by atoms with E-state index in [2.05, 4.69) is 37.2 Å². The van der Waals surface area contributed by atoms with Gasteiger partial charge >= 0.3 is 0 Å². The lowest BCUT2D eigenvalue weighted by molar-refractivity contribution is 0.558. The third-order valence-corrected chi connectivity index (χ3v) is 4.81. The molecule has 0 radical (unpaired) electrons. The molecule has 2 aromatic carbocycles. The minimum Gasteiger partial charge on any atom is -0.306 e. The van der Waals surface area contributed by atoms with Crippen molar-refractivity contribution in [2.75, 3.05) is 6.54 Å². The zero-order valence-electron chi connectivity index (χ0n) is 11.7. The zero-order chi connectivity index (χ0) is 15.6. The van der Waals surface area contributed by atoms with Crippen LogP contribution >= 0.6 is 43.5 Å². The van der Waals surface area contributed by atoms with Crippen LogP contribution in [0.25, 0.3) is 0 Å². The summed E-state index contributed by atoms with van der Waals surface area (Å²) in [7, 11) is 0. The molecule has 2 aromatic rings. The Kier molecular flexibility index (Phi) is 5.83. The van der Waals surface area contributed by atoms with Gasteiger partial charge in [0.05, 0.1) is 11.1 Å². The van der Waals surface area contributed by atoms with Crippen LogP contribution in [0.2, 0.25) is 5.02 Å². The van der Waals surface area contributed by atoms with E-state index in [9.17, 15) is 4.39 Å². The molecule has 0 saturated carbocycles. The molecule has 0 aliphatic rings. The first-order valence-corrected chi connectivity index (χ1v) is 8.53. The first-order valence-electron chi connectivity index (χ1n) is 6.57. The second kappa shape index (κ2) is 7.23. The van der Waals surface area contributed by atoms with Crippen molar-refractivity contribution in [1.82, 2.24) is 5.32 Å². The summed E-state index contributed by atoms with van der Waals surface area (Å²) in [5, 5.41) is 3.82. The van der Waals surface area contributed by atoms with Gasteiger partial charge in [0.15, 0.2) is 0 Å². The van der Waals surface area contributed by atoms with Crippen LogP contribution in [-0.4, -0.2) is 6.54 Å². The molecule has 0 aliphatic carbocycles. The van der Waals surface area contributed by atoms with Crippen molar-refractivity contribution in [3.05, 3.63) is 66.8 Å². The number of rotatable bonds is 4. The van der Waals surface area contributed by atoms with Crippen molar-refractivity contribution in [2.45, 2.75) is 19.9 Å². The van der Waals surface area contributed by atoms with Gasteiger partial charge in [-0.25, -0.2) is 4.39 Å². The molecule has 0 amide bonds. The maximum absolute atomic E-state index is 14.4. The smallest absolute Gasteiger partial charge is 0.129 e. The van der Waals surface area contributed by atoms with E-state index in [-0.39, 0.29) is 11.9 Å². The van der Waals surface area contributed by atoms with E-state index in [1.807, 2.05) is 32.0 Å². The molecule has 2 rings (SSSR count). The predicted molar refractivity (Wildman–Crippen MR) is 93.5 cm³/mol. The Morgan fingerprint density at radius 3 is 2.52 bits per heavy atom. The molecular weight excluding hydrogens is 420 g/mol. The number of aryl methyl sites for hydroxylation is 1. The fourth-order valence-corrected chi connectivity index (χ4v) is 3.41. The third-order valence-electron chi connectivity index (χ3n) is 3.16. The van der Waals surface area contributed by atoms with Crippen LogP contribution in [0.15, 0.2) is 39.3 Å². The average molecular weight is 436 g/mol. The summed E-state index contributed by atoms with van der Waals surface area (Å²) >= 11 is 12.9. The summed E-state index contributed by atoms with van der Waals surface area (Å²) in [6, 6.07) is 8.91. The number of benzene rings is 2. The van der Waals surface area contributed by atoms with Crippen molar-refractivity contribution >= 4 is 43.5 Å². The van der Waals surface area contributed by atoms with Crippen LogP contribution < -0.4 is 5.32 Å². The van der Waals surface area contributed by atoms with Crippen LogP contribution in [0.5, 0.6) is 0 Å². The largest absolute Gasteiger partial charge is 0.306 e. The molecule has 0 fully saturated rings. The fraction of sp³-hybridized carbons (Fsp3) is 0.250. The molecule has 1 N–H and O–H groups in total. The maximum atomic E-state index is 14.4. The monoisotopic (exact) mass is 433 g/mol. The lowest BCUT2D eigenvalue weighted by Gasteiger charge is -2.21. The molecule has 0 bridgehead atoms. The van der Waals surface area contributed by atoms with Crippen LogP contribution in [0.3, 0.4) is 0 Å². The molecule has 112 valence electrons. The van der Waals surface area contributed by atoms with Crippen molar-refractivity contribution in [3.63, 3.8) is 0 Å². The quantitative estimate of drug-likeness (QED) is 0.580. The summed E-state index contributed by atoms with van der Waals surface area (Å²) in [5.41, 5.74) is 2.66. The summed E-state index contributed by atoms with van der Waals surface area (Å²) in [6.45, 7) is 4.74. The molecule has 0 aliphatic heterocycles. The van der Waals surface area contributed by atoms with Gasteiger partial charge in [0.1, 0.15) is 5.82 Å². The molecule has 0 spiro atoms. The topological polar surface area (TPSA) is 12.0 Å². The Morgan fingerprint density at radius 2 is 1.90 bits per heavy atom. The predicted octanol–water partition coefficient (Wildman–Crippen LogP) is 6.01. The minimum absolute atomic E-state index is 0.239. The third kappa shape index (κ3) is 4.07. The highest BCUT2D eigenvalue weighted by molar-refractivity contribution is 9.10. The summed E-state index contributed by atoms with van der Waals surface area (Å²) in [6.07, 6.45) is 0. The van der Waals surface area contributed by atoms with Crippen LogP contribution in [-0.2, 0) is 0 Å². The summed E-state index contributed by atoms with van der Waals surface area (Å²) in [5.74, 6) is -0.283. The highest BCUT2D eigenvalue weighted by atomic mass is 79.9. The van der Waals surface area contributed by atoms with E-state index in [1.54, 1.807) is 6.07 Å². The van der Waals surface area contributed by atoms with Crippen LogP contribution in [0, 0.1) is 12.7 Å². The van der Waals surface area contributed by atoms with Gasteiger partial charge in [0.2, 0.25) is 0 Å². The summed E-state index contributed by atoms with van der Waals surface area (Å²) in [4.78, 5) is 0. The zero-order valence-corrected chi connectivity index (χ0v) is 15.6. The standard InChI is InChI=1S/C16H15Br2ClFN/c1-3-21-16(10-4-9(2)5-11(17)6-10)12-7-14(19)13(18)8-15(12)20/h4-8,16,21H,3H2,1-2H3. The van der Waals surface area contributed by atoms with Gasteiger partial charge < -0.3 is 5.32 Å². The van der Waals surface area contributed by atoms with Gasteiger partial charge in [-0.15, -0.1) is 0 Å². The van der Waals surface area contributed by atoms with Gasteiger partial charge in [-0.1, -0.05) is 40.5 Å². The van der Waals surface area contributed by atoms with Gasteiger partial charge in [-0.05, 0) is 64.8 Å². The molecule has 0 aromatic heterocycles. The van der Waals surface area contributed by atoms with Crippen molar-refractivity contribution in [3.8, 4) is 0 Å². The number of hydrogen-bond acceptors (Lipinski definition) is 1. The van der Waals surface area contributed by atoms with Crippen molar-refractivity contribution in [2.24, 2.45) is 0 Å². The lowest BCUT2D eigenvalue weighted by atomic mass is 9.97. The molecule has 21 heavy (non-hydrogen) atoms. The molecular formula is C16H15Br2ClFN. The Labute approximate surface area is 146 Å². The van der Waals surface area contributed by atoms with Gasteiger partial charge in [0.25, 0.3) is 0 Å². The van der Waals surface area contributed by atoms with E-state index in [0.717, 1.165) is 22.1 Å². The van der Waals surface area contributed by atoms with Gasteiger partial charge in [-0.2, -0.15) is 0 Å². The van der Waals surface area contributed by atoms with E-state index in [4.69, 9.17) is 11.6 Å². The van der Waals surface area contributed by atoms with E-state index < -0.39 is 0 Å². The Balaban J connectivity index is 2.55. The molecule has 1 nitrogen and oxygen atoms in total. The Morgan fingerprint density at radius 1 is 1.19 bits per heavy atom. The maximum Gasteiger partial charge on any atom is 0.129 e. The van der Waals surface area contributed by atoms with Crippen molar-refractivity contribution in [1.29, 1.82) is 0 Å². The Hall–Kier alpha value is -0.420. The van der Waals surface area contributed by atoms with Gasteiger partial charge in [-0.3, -0.25) is 0 Å². The summed E-state index contributed by atoms with van der Waals surface area (Å²) < 4.78 is 15.9. The highest BCUT2D eigenvalue weighted by Gasteiger charge is 2.19. The SMILES string of the molecule is CCNC(c1cc(C)cc(Br)c1)c1cc(Cl)c(Br)cc1F. The van der Waals surface area contributed by atoms with E-state index >= 15 is 0 Å². The molecule has 5 heteroatoms. The molecule has 1 unspecified atom stereocenters. The molecule has 0 heterocycles. The normalized spacial score (nSPS) is 12.5.